The molecule has 25 heavy (non-hydrogen) atoms. The van der Waals surface area contributed by atoms with E-state index in [1.807, 2.05) is 36.0 Å². The van der Waals surface area contributed by atoms with Gasteiger partial charge in [-0.1, -0.05) is 23.7 Å². The molecular formula is C20H29ClN2OS. The number of rotatable bonds is 8. The molecule has 1 heterocycles. The molecular weight excluding hydrogens is 352 g/mol. The predicted octanol–water partition coefficient (Wildman–Crippen LogP) is 3.95. The molecule has 138 valence electrons. The third-order valence-electron chi connectivity index (χ3n) is 5.56. The maximum Gasteiger partial charge on any atom is 0.230 e. The van der Waals surface area contributed by atoms with Gasteiger partial charge in [0.1, 0.15) is 0 Å². The third-order valence-corrected chi connectivity index (χ3v) is 6.51. The number of piperidine rings is 1. The molecule has 1 atom stereocenters. The van der Waals surface area contributed by atoms with Gasteiger partial charge in [-0.2, -0.15) is 11.8 Å². The van der Waals surface area contributed by atoms with Crippen molar-refractivity contribution in [2.45, 2.75) is 37.5 Å². The molecule has 1 saturated heterocycles. The lowest BCUT2D eigenvalue weighted by atomic mass is 9.93. The van der Waals surface area contributed by atoms with E-state index in [2.05, 4.69) is 16.5 Å². The molecule has 1 aromatic rings. The van der Waals surface area contributed by atoms with Crippen LogP contribution in [-0.2, 0) is 10.2 Å². The van der Waals surface area contributed by atoms with E-state index in [9.17, 15) is 4.79 Å². The highest BCUT2D eigenvalue weighted by molar-refractivity contribution is 7.98. The van der Waals surface area contributed by atoms with Gasteiger partial charge in [-0.3, -0.25) is 4.79 Å². The number of amides is 1. The van der Waals surface area contributed by atoms with Crippen LogP contribution in [0.1, 0.15) is 37.7 Å². The van der Waals surface area contributed by atoms with Crippen molar-refractivity contribution in [3.8, 4) is 0 Å². The summed E-state index contributed by atoms with van der Waals surface area (Å²) < 4.78 is 0. The number of benzene rings is 1. The van der Waals surface area contributed by atoms with Gasteiger partial charge in [0.25, 0.3) is 0 Å². The van der Waals surface area contributed by atoms with Crippen molar-refractivity contribution in [1.82, 2.24) is 10.2 Å². The summed E-state index contributed by atoms with van der Waals surface area (Å²) in [6, 6.07) is 7.78. The maximum absolute atomic E-state index is 12.8. The fourth-order valence-corrected chi connectivity index (χ4v) is 4.44. The molecule has 2 fully saturated rings. The van der Waals surface area contributed by atoms with Crippen LogP contribution in [0.15, 0.2) is 24.3 Å². The van der Waals surface area contributed by atoms with Crippen LogP contribution in [0.2, 0.25) is 5.02 Å². The summed E-state index contributed by atoms with van der Waals surface area (Å²) in [6.45, 7) is 4.35. The summed E-state index contributed by atoms with van der Waals surface area (Å²) in [4.78, 5) is 15.4. The highest BCUT2D eigenvalue weighted by Crippen LogP contribution is 2.48. The van der Waals surface area contributed by atoms with Crippen LogP contribution in [0.4, 0.5) is 0 Å². The summed E-state index contributed by atoms with van der Waals surface area (Å²) in [5.74, 6) is 2.03. The van der Waals surface area contributed by atoms with Crippen LogP contribution in [-0.4, -0.2) is 49.0 Å². The minimum atomic E-state index is -0.294. The molecule has 1 amide bonds. The Hall–Kier alpha value is -0.710. The molecule has 0 radical (unpaired) electrons. The number of hydrogen-bond donors (Lipinski definition) is 1. The zero-order chi connectivity index (χ0) is 17.7. The number of nitrogens with zero attached hydrogens (tertiary/aromatic N) is 1. The molecule has 0 aromatic heterocycles. The minimum absolute atomic E-state index is 0.203. The van der Waals surface area contributed by atoms with Crippen molar-refractivity contribution in [2.75, 3.05) is 38.2 Å². The molecule has 0 bridgehead atoms. The highest BCUT2D eigenvalue weighted by atomic mass is 35.5. The summed E-state index contributed by atoms with van der Waals surface area (Å²) >= 11 is 7.90. The summed E-state index contributed by atoms with van der Waals surface area (Å²) in [6.07, 6.45) is 7.82. The van der Waals surface area contributed by atoms with Crippen LogP contribution in [0.25, 0.3) is 0 Å². The molecule has 1 saturated carbocycles. The molecule has 0 spiro atoms. The molecule has 5 heteroatoms. The lowest BCUT2D eigenvalue weighted by Crippen LogP contribution is -2.43. The van der Waals surface area contributed by atoms with E-state index in [1.54, 1.807) is 0 Å². The Labute approximate surface area is 160 Å². The average molecular weight is 381 g/mol. The monoisotopic (exact) mass is 380 g/mol. The first-order chi connectivity index (χ1) is 12.1. The molecule has 3 rings (SSSR count). The second-order valence-corrected chi connectivity index (χ2v) is 8.88. The molecule has 1 aliphatic heterocycles. The molecule has 0 unspecified atom stereocenters. The number of halogens is 1. The van der Waals surface area contributed by atoms with Crippen molar-refractivity contribution in [2.24, 2.45) is 5.92 Å². The van der Waals surface area contributed by atoms with Gasteiger partial charge >= 0.3 is 0 Å². The van der Waals surface area contributed by atoms with Gasteiger partial charge in [-0.15, -0.1) is 0 Å². The van der Waals surface area contributed by atoms with Gasteiger partial charge in [-0.05, 0) is 80.8 Å². The van der Waals surface area contributed by atoms with Crippen molar-refractivity contribution >= 4 is 29.3 Å². The van der Waals surface area contributed by atoms with Gasteiger partial charge in [0.15, 0.2) is 0 Å². The summed E-state index contributed by atoms with van der Waals surface area (Å²) in [5.41, 5.74) is 0.814. The Balaban J connectivity index is 1.48. The van der Waals surface area contributed by atoms with Crippen molar-refractivity contribution in [3.63, 3.8) is 0 Å². The Bertz CT molecular complexity index is 574. The highest BCUT2D eigenvalue weighted by Gasteiger charge is 2.51. The molecule has 1 aliphatic carbocycles. The first kappa shape index (κ1) is 19.1. The normalized spacial score (nSPS) is 22.6. The lowest BCUT2D eigenvalue weighted by molar-refractivity contribution is -0.123. The number of carbonyl (C=O) groups excluding carboxylic acids is 1. The van der Waals surface area contributed by atoms with Gasteiger partial charge in [0.2, 0.25) is 5.91 Å². The van der Waals surface area contributed by atoms with Gasteiger partial charge < -0.3 is 10.2 Å². The molecule has 2 aliphatic rings. The van der Waals surface area contributed by atoms with Crippen LogP contribution < -0.4 is 5.32 Å². The fraction of sp³-hybridized carbons (Fsp3) is 0.650. The van der Waals surface area contributed by atoms with Crippen molar-refractivity contribution < 1.29 is 4.79 Å². The average Bonchev–Trinajstić information content (AvgIpc) is 3.43. The van der Waals surface area contributed by atoms with Crippen molar-refractivity contribution in [3.05, 3.63) is 34.9 Å². The van der Waals surface area contributed by atoms with Crippen LogP contribution in [0, 0.1) is 5.92 Å². The second-order valence-electron chi connectivity index (χ2n) is 7.45. The topological polar surface area (TPSA) is 32.3 Å². The number of hydrogen-bond acceptors (Lipinski definition) is 3. The molecule has 1 N–H and O–H groups in total. The van der Waals surface area contributed by atoms with Gasteiger partial charge in [-0.25, -0.2) is 0 Å². The summed E-state index contributed by atoms with van der Waals surface area (Å²) in [5, 5.41) is 3.98. The largest absolute Gasteiger partial charge is 0.355 e. The van der Waals surface area contributed by atoms with Crippen LogP contribution in [0.3, 0.4) is 0 Å². The lowest BCUT2D eigenvalue weighted by Gasteiger charge is -2.33. The Morgan fingerprint density at radius 3 is 2.80 bits per heavy atom. The van der Waals surface area contributed by atoms with E-state index in [0.717, 1.165) is 36.5 Å². The zero-order valence-electron chi connectivity index (χ0n) is 15.1. The van der Waals surface area contributed by atoms with E-state index in [4.69, 9.17) is 11.6 Å². The van der Waals surface area contributed by atoms with E-state index in [1.165, 1.54) is 38.1 Å². The van der Waals surface area contributed by atoms with Gasteiger partial charge in [0, 0.05) is 18.1 Å². The standard InChI is InChI=1S/C20H29ClN2OS/c1-25-13-3-12-23-11-2-4-16(15-23)14-22-19(24)20(9-10-20)17-5-7-18(21)8-6-17/h5-8,16H,2-4,9-15H2,1H3,(H,22,24)/t16-/m1/s1. The third kappa shape index (κ3) is 4.93. The van der Waals surface area contributed by atoms with Crippen LogP contribution >= 0.6 is 23.4 Å². The zero-order valence-corrected chi connectivity index (χ0v) is 16.7. The van der Waals surface area contributed by atoms with E-state index >= 15 is 0 Å². The van der Waals surface area contributed by atoms with E-state index in [0.29, 0.717) is 5.92 Å². The minimum Gasteiger partial charge on any atom is -0.355 e. The Kier molecular flexibility index (Phi) is 6.70. The maximum atomic E-state index is 12.8. The molecule has 3 nitrogen and oxygen atoms in total. The Morgan fingerprint density at radius 1 is 1.36 bits per heavy atom. The van der Waals surface area contributed by atoms with Crippen LogP contribution in [0.5, 0.6) is 0 Å². The number of carbonyl (C=O) groups is 1. The SMILES string of the molecule is CSCCCN1CCC[C@H](CNC(=O)C2(c3ccc(Cl)cc3)CC2)C1. The second kappa shape index (κ2) is 8.79. The Morgan fingerprint density at radius 2 is 2.12 bits per heavy atom. The first-order valence-electron chi connectivity index (χ1n) is 9.40. The fourth-order valence-electron chi connectivity index (χ4n) is 3.90. The quantitative estimate of drug-likeness (QED) is 0.693. The van der Waals surface area contributed by atoms with E-state index < -0.39 is 0 Å². The van der Waals surface area contributed by atoms with E-state index in [-0.39, 0.29) is 11.3 Å². The van der Waals surface area contributed by atoms with Crippen molar-refractivity contribution in [1.29, 1.82) is 0 Å². The number of likely N-dealkylation sites (tertiary alicyclic amines) is 1. The number of nitrogens with one attached hydrogen (secondary N) is 1. The summed E-state index contributed by atoms with van der Waals surface area (Å²) in [7, 11) is 0. The predicted molar refractivity (Wildman–Crippen MR) is 108 cm³/mol. The van der Waals surface area contributed by atoms with Gasteiger partial charge in [0.05, 0.1) is 5.41 Å². The smallest absolute Gasteiger partial charge is 0.230 e. The first-order valence-corrected chi connectivity index (χ1v) is 11.2. The number of thioether (sulfide) groups is 1. The molecule has 1 aromatic carbocycles.